The Balaban J connectivity index is 0.000000263. The standard InChI is InChI=1S/C9H9F2NO2.C9H17NO2/c10-6-2-1-5(3-7(6)11)4-8(12)9(13)14;10-7-9(6-8(11)12)4-2-1-3-5-9/h1-3,8H,4,12H2,(H,13,14);1-7,10H2,(H,11,12)/t8-;/m0./s1. The van der Waals surface area contributed by atoms with E-state index in [2.05, 4.69) is 0 Å². The van der Waals surface area contributed by atoms with Gasteiger partial charge in [-0.2, -0.15) is 0 Å². The van der Waals surface area contributed by atoms with Gasteiger partial charge in [0.05, 0.1) is 6.42 Å². The number of hydrogen-bond acceptors (Lipinski definition) is 4. The number of benzene rings is 1. The molecule has 1 atom stereocenters. The van der Waals surface area contributed by atoms with Crippen LogP contribution in [0.2, 0.25) is 0 Å². The number of nitrogens with two attached hydrogens (primary N) is 2. The lowest BCUT2D eigenvalue weighted by molar-refractivity contribution is -0.140. The second kappa shape index (κ2) is 10.2. The van der Waals surface area contributed by atoms with Crippen LogP contribution >= 0.6 is 0 Å². The molecule has 0 amide bonds. The first-order chi connectivity index (χ1) is 12.2. The summed E-state index contributed by atoms with van der Waals surface area (Å²) in [6.45, 7) is 0.527. The molecular weight excluding hydrogens is 346 g/mol. The molecule has 2 rings (SSSR count). The number of carboxylic acids is 2. The maximum Gasteiger partial charge on any atom is 0.320 e. The number of carbonyl (C=O) groups is 2. The molecule has 0 radical (unpaired) electrons. The van der Waals surface area contributed by atoms with Gasteiger partial charge in [0, 0.05) is 0 Å². The molecule has 1 fully saturated rings. The number of aliphatic carboxylic acids is 2. The van der Waals surface area contributed by atoms with Gasteiger partial charge in [0.1, 0.15) is 6.04 Å². The van der Waals surface area contributed by atoms with Crippen molar-refractivity contribution >= 4 is 11.9 Å². The van der Waals surface area contributed by atoms with Crippen LogP contribution in [-0.4, -0.2) is 34.7 Å². The average Bonchev–Trinajstić information content (AvgIpc) is 2.59. The molecule has 0 unspecified atom stereocenters. The highest BCUT2D eigenvalue weighted by Gasteiger charge is 2.32. The minimum Gasteiger partial charge on any atom is -0.481 e. The Hall–Kier alpha value is -2.06. The van der Waals surface area contributed by atoms with E-state index in [1.807, 2.05) is 0 Å². The summed E-state index contributed by atoms with van der Waals surface area (Å²) < 4.78 is 25.1. The second-order valence-corrected chi connectivity index (χ2v) is 6.73. The van der Waals surface area contributed by atoms with Crippen LogP contribution in [-0.2, 0) is 16.0 Å². The van der Waals surface area contributed by atoms with Gasteiger partial charge in [-0.3, -0.25) is 9.59 Å². The summed E-state index contributed by atoms with van der Waals surface area (Å²) in [7, 11) is 0. The van der Waals surface area contributed by atoms with Gasteiger partial charge in [-0.1, -0.05) is 25.3 Å². The predicted octanol–water partition coefficient (Wildman–Crippen LogP) is 2.29. The van der Waals surface area contributed by atoms with Gasteiger partial charge in [-0.05, 0) is 48.9 Å². The Morgan fingerprint density at radius 1 is 1.12 bits per heavy atom. The summed E-state index contributed by atoms with van der Waals surface area (Å²) >= 11 is 0. The number of rotatable bonds is 6. The van der Waals surface area contributed by atoms with Crippen LogP contribution in [0, 0.1) is 17.0 Å². The molecule has 0 spiro atoms. The van der Waals surface area contributed by atoms with Crippen molar-refractivity contribution in [2.24, 2.45) is 16.9 Å². The Morgan fingerprint density at radius 3 is 2.19 bits per heavy atom. The molecule has 1 saturated carbocycles. The van der Waals surface area contributed by atoms with Crippen molar-refractivity contribution in [3.63, 3.8) is 0 Å². The quantitative estimate of drug-likeness (QED) is 0.607. The summed E-state index contributed by atoms with van der Waals surface area (Å²) in [4.78, 5) is 20.9. The van der Waals surface area contributed by atoms with Gasteiger partial charge in [0.15, 0.2) is 11.6 Å². The van der Waals surface area contributed by atoms with Crippen molar-refractivity contribution in [1.82, 2.24) is 0 Å². The van der Waals surface area contributed by atoms with Crippen molar-refractivity contribution in [2.75, 3.05) is 6.54 Å². The van der Waals surface area contributed by atoms with Crippen LogP contribution in [0.15, 0.2) is 18.2 Å². The van der Waals surface area contributed by atoms with E-state index in [9.17, 15) is 18.4 Å². The van der Waals surface area contributed by atoms with E-state index in [1.165, 1.54) is 12.5 Å². The van der Waals surface area contributed by atoms with E-state index >= 15 is 0 Å². The highest BCUT2D eigenvalue weighted by Crippen LogP contribution is 2.38. The van der Waals surface area contributed by atoms with Gasteiger partial charge in [0.2, 0.25) is 0 Å². The van der Waals surface area contributed by atoms with Gasteiger partial charge in [0.25, 0.3) is 0 Å². The minimum atomic E-state index is -1.17. The third kappa shape index (κ3) is 7.05. The molecule has 0 aromatic heterocycles. The van der Waals surface area contributed by atoms with Crippen LogP contribution < -0.4 is 11.5 Å². The molecule has 1 aliphatic rings. The summed E-state index contributed by atoms with van der Waals surface area (Å²) in [5.74, 6) is -3.84. The third-order valence-corrected chi connectivity index (χ3v) is 4.63. The second-order valence-electron chi connectivity index (χ2n) is 6.73. The van der Waals surface area contributed by atoms with E-state index in [0.717, 1.165) is 37.8 Å². The normalized spacial score (nSPS) is 16.9. The third-order valence-electron chi connectivity index (χ3n) is 4.63. The number of carboxylic acid groups (broad SMARTS) is 2. The molecule has 1 aromatic carbocycles. The van der Waals surface area contributed by atoms with Gasteiger partial charge in [-0.15, -0.1) is 0 Å². The summed E-state index contributed by atoms with van der Waals surface area (Å²) in [6.07, 6.45) is 5.75. The van der Waals surface area contributed by atoms with Gasteiger partial charge < -0.3 is 21.7 Å². The van der Waals surface area contributed by atoms with Crippen molar-refractivity contribution in [3.8, 4) is 0 Å². The Labute approximate surface area is 151 Å². The summed E-state index contributed by atoms with van der Waals surface area (Å²) in [5.41, 5.74) is 11.1. The zero-order valence-corrected chi connectivity index (χ0v) is 14.6. The fourth-order valence-electron chi connectivity index (χ4n) is 3.08. The lowest BCUT2D eigenvalue weighted by Crippen LogP contribution is -2.34. The highest BCUT2D eigenvalue weighted by atomic mass is 19.2. The maximum absolute atomic E-state index is 12.7. The molecule has 0 saturated heterocycles. The van der Waals surface area contributed by atoms with Crippen molar-refractivity contribution in [2.45, 2.75) is 51.0 Å². The fraction of sp³-hybridized carbons (Fsp3) is 0.556. The molecular formula is C18H26F2N2O4. The minimum absolute atomic E-state index is 0.0213. The lowest BCUT2D eigenvalue weighted by Gasteiger charge is -2.34. The average molecular weight is 372 g/mol. The van der Waals surface area contributed by atoms with Crippen molar-refractivity contribution in [3.05, 3.63) is 35.4 Å². The molecule has 6 nitrogen and oxygen atoms in total. The number of hydrogen-bond donors (Lipinski definition) is 4. The van der Waals surface area contributed by atoms with Gasteiger partial charge >= 0.3 is 11.9 Å². The summed E-state index contributed by atoms with van der Waals surface area (Å²) in [6, 6.07) is 2.10. The Kier molecular flexibility index (Phi) is 8.60. The first kappa shape index (κ1) is 22.0. The molecule has 0 aliphatic heterocycles. The molecule has 1 aliphatic carbocycles. The molecule has 6 N–H and O–H groups in total. The number of halogens is 2. The van der Waals surface area contributed by atoms with E-state index in [4.69, 9.17) is 21.7 Å². The zero-order chi connectivity index (χ0) is 19.7. The van der Waals surface area contributed by atoms with E-state index in [1.54, 1.807) is 0 Å². The molecule has 0 bridgehead atoms. The van der Waals surface area contributed by atoms with E-state index < -0.39 is 29.6 Å². The van der Waals surface area contributed by atoms with Crippen LogP contribution in [0.5, 0.6) is 0 Å². The monoisotopic (exact) mass is 372 g/mol. The molecule has 8 heteroatoms. The van der Waals surface area contributed by atoms with Crippen molar-refractivity contribution in [1.29, 1.82) is 0 Å². The highest BCUT2D eigenvalue weighted by molar-refractivity contribution is 5.73. The van der Waals surface area contributed by atoms with Crippen LogP contribution in [0.4, 0.5) is 8.78 Å². The first-order valence-electron chi connectivity index (χ1n) is 8.53. The molecule has 1 aromatic rings. The van der Waals surface area contributed by atoms with E-state index in [0.29, 0.717) is 12.1 Å². The topological polar surface area (TPSA) is 127 Å². The van der Waals surface area contributed by atoms with Crippen LogP contribution in [0.1, 0.15) is 44.1 Å². The maximum atomic E-state index is 12.7. The smallest absolute Gasteiger partial charge is 0.320 e. The van der Waals surface area contributed by atoms with Gasteiger partial charge in [-0.25, -0.2) is 8.78 Å². The summed E-state index contributed by atoms with van der Waals surface area (Å²) in [5, 5.41) is 17.2. The molecule has 146 valence electrons. The fourth-order valence-corrected chi connectivity index (χ4v) is 3.08. The zero-order valence-electron chi connectivity index (χ0n) is 14.6. The Bertz CT molecular complexity index is 619. The first-order valence-corrected chi connectivity index (χ1v) is 8.53. The van der Waals surface area contributed by atoms with E-state index in [-0.39, 0.29) is 18.3 Å². The Morgan fingerprint density at radius 2 is 1.73 bits per heavy atom. The molecule has 0 heterocycles. The lowest BCUT2D eigenvalue weighted by atomic mass is 9.72. The van der Waals surface area contributed by atoms with Crippen LogP contribution in [0.25, 0.3) is 0 Å². The van der Waals surface area contributed by atoms with Crippen molar-refractivity contribution < 1.29 is 28.6 Å². The predicted molar refractivity (Wildman–Crippen MR) is 92.5 cm³/mol. The SMILES string of the molecule is NCC1(CC(=O)O)CCCCC1.N[C@@H](Cc1ccc(F)c(F)c1)C(=O)O. The van der Waals surface area contributed by atoms with Crippen LogP contribution in [0.3, 0.4) is 0 Å². The molecule has 26 heavy (non-hydrogen) atoms. The largest absolute Gasteiger partial charge is 0.481 e.